The molecule has 1 rings (SSSR count). The normalized spacial score (nSPS) is 9.89. The van der Waals surface area contributed by atoms with Gasteiger partial charge in [0.05, 0.1) is 0 Å². The van der Waals surface area contributed by atoms with E-state index in [0.717, 1.165) is 19.3 Å². The van der Waals surface area contributed by atoms with Crippen LogP contribution in [0.1, 0.15) is 25.7 Å². The van der Waals surface area contributed by atoms with Crippen LogP contribution < -0.4 is 0 Å². The lowest BCUT2D eigenvalue weighted by atomic mass is 10.2. The molecule has 0 N–H and O–H groups in total. The molecule has 0 saturated carbocycles. The third-order valence-corrected chi connectivity index (χ3v) is 1.11. The summed E-state index contributed by atoms with van der Waals surface area (Å²) in [7, 11) is 0. The van der Waals surface area contributed by atoms with Crippen molar-refractivity contribution in [2.24, 2.45) is 0 Å². The molecule has 0 amide bonds. The summed E-state index contributed by atoms with van der Waals surface area (Å²) in [5.74, 6) is 0.692. The zero-order valence-corrected chi connectivity index (χ0v) is 5.42. The highest BCUT2D eigenvalue weighted by Crippen LogP contribution is 1.98. The largest absolute Gasteiger partial charge is 0.417 e. The highest BCUT2D eigenvalue weighted by atomic mass is 16.4. The maximum atomic E-state index is 4.79. The number of rotatable bonds is 3. The summed E-state index contributed by atoms with van der Waals surface area (Å²) in [6.07, 6.45) is 5.45. The molecule has 1 heterocycles. The molecule has 49 valence electrons. The van der Waals surface area contributed by atoms with Crippen LogP contribution in [0.3, 0.4) is 0 Å². The summed E-state index contributed by atoms with van der Waals surface area (Å²) in [6.45, 7) is 2.13. The summed E-state index contributed by atoms with van der Waals surface area (Å²) in [5.41, 5.74) is 0. The molecule has 0 aliphatic rings. The summed E-state index contributed by atoms with van der Waals surface area (Å²) < 4.78 is 4.79. The van der Waals surface area contributed by atoms with Crippen molar-refractivity contribution in [1.82, 2.24) is 10.2 Å². The summed E-state index contributed by atoms with van der Waals surface area (Å²) in [4.78, 5) is 0. The lowest BCUT2D eigenvalue weighted by Crippen LogP contribution is -1.83. The average Bonchev–Trinajstić information content (AvgIpc) is 2.34. The van der Waals surface area contributed by atoms with E-state index in [2.05, 4.69) is 23.5 Å². The van der Waals surface area contributed by atoms with Crippen LogP contribution >= 0.6 is 0 Å². The fraction of sp³-hybridized carbons (Fsp3) is 0.667. The van der Waals surface area contributed by atoms with Gasteiger partial charge in [-0.2, -0.15) is 0 Å². The molecule has 0 aliphatic carbocycles. The number of aromatic nitrogens is 2. The van der Waals surface area contributed by atoms with Crippen molar-refractivity contribution in [1.29, 1.82) is 0 Å². The molecule has 0 spiro atoms. The minimum Gasteiger partial charge on any atom is -0.417 e. The second-order valence-electron chi connectivity index (χ2n) is 1.89. The van der Waals surface area contributed by atoms with Crippen molar-refractivity contribution < 1.29 is 4.42 Å². The van der Waals surface area contributed by atoms with Crippen molar-refractivity contribution in [2.75, 3.05) is 0 Å². The van der Waals surface area contributed by atoms with Gasteiger partial charge in [-0.05, 0) is 6.42 Å². The molecular formula is C6H9N2O. The molecule has 1 radical (unpaired) electrons. The van der Waals surface area contributed by atoms with Gasteiger partial charge >= 0.3 is 6.39 Å². The van der Waals surface area contributed by atoms with Crippen molar-refractivity contribution >= 4 is 0 Å². The fourth-order valence-corrected chi connectivity index (χ4v) is 0.599. The summed E-state index contributed by atoms with van der Waals surface area (Å²) >= 11 is 0. The first kappa shape index (κ1) is 6.26. The van der Waals surface area contributed by atoms with Gasteiger partial charge in [0.15, 0.2) is 0 Å². The van der Waals surface area contributed by atoms with Crippen molar-refractivity contribution in [3.05, 3.63) is 12.3 Å². The van der Waals surface area contributed by atoms with Gasteiger partial charge in [-0.25, -0.2) is 0 Å². The zero-order valence-electron chi connectivity index (χ0n) is 5.42. The average molecular weight is 125 g/mol. The molecule has 9 heavy (non-hydrogen) atoms. The van der Waals surface area contributed by atoms with Crippen LogP contribution in [0.15, 0.2) is 4.42 Å². The second kappa shape index (κ2) is 3.22. The molecule has 0 atom stereocenters. The van der Waals surface area contributed by atoms with E-state index in [1.807, 2.05) is 0 Å². The molecule has 1 aromatic rings. The van der Waals surface area contributed by atoms with Gasteiger partial charge in [-0.15, -0.1) is 10.2 Å². The molecule has 0 aliphatic heterocycles. The van der Waals surface area contributed by atoms with Crippen LogP contribution in [0.4, 0.5) is 0 Å². The number of hydrogen-bond acceptors (Lipinski definition) is 3. The van der Waals surface area contributed by atoms with Gasteiger partial charge in [0.25, 0.3) is 0 Å². The Morgan fingerprint density at radius 3 is 3.11 bits per heavy atom. The number of aryl methyl sites for hydroxylation is 1. The maximum absolute atomic E-state index is 4.79. The topological polar surface area (TPSA) is 38.9 Å². The van der Waals surface area contributed by atoms with E-state index >= 15 is 0 Å². The van der Waals surface area contributed by atoms with Gasteiger partial charge in [-0.1, -0.05) is 13.3 Å². The van der Waals surface area contributed by atoms with E-state index in [0.29, 0.717) is 5.89 Å². The first-order valence-corrected chi connectivity index (χ1v) is 3.12. The molecular weight excluding hydrogens is 116 g/mol. The van der Waals surface area contributed by atoms with Gasteiger partial charge in [0, 0.05) is 6.42 Å². The Morgan fingerprint density at radius 2 is 2.56 bits per heavy atom. The Bertz CT molecular complexity index is 148. The van der Waals surface area contributed by atoms with Crippen LogP contribution in [0.25, 0.3) is 0 Å². The number of nitrogens with zero attached hydrogens (tertiary/aromatic N) is 2. The van der Waals surface area contributed by atoms with Gasteiger partial charge in [0.2, 0.25) is 5.89 Å². The number of hydrogen-bond donors (Lipinski definition) is 0. The second-order valence-corrected chi connectivity index (χ2v) is 1.89. The van der Waals surface area contributed by atoms with E-state index in [9.17, 15) is 0 Å². The smallest absolute Gasteiger partial charge is 0.305 e. The number of unbranched alkanes of at least 4 members (excludes halogenated alkanes) is 1. The van der Waals surface area contributed by atoms with Gasteiger partial charge in [0.1, 0.15) is 0 Å². The first-order valence-electron chi connectivity index (χ1n) is 3.12. The molecule has 0 bridgehead atoms. The van der Waals surface area contributed by atoms with E-state index in [4.69, 9.17) is 4.42 Å². The Kier molecular flexibility index (Phi) is 2.24. The third-order valence-electron chi connectivity index (χ3n) is 1.11. The lowest BCUT2D eigenvalue weighted by Gasteiger charge is -1.86. The van der Waals surface area contributed by atoms with E-state index < -0.39 is 0 Å². The van der Waals surface area contributed by atoms with E-state index in [1.165, 1.54) is 0 Å². The zero-order chi connectivity index (χ0) is 6.53. The monoisotopic (exact) mass is 125 g/mol. The van der Waals surface area contributed by atoms with Crippen LogP contribution in [0.5, 0.6) is 0 Å². The third kappa shape index (κ3) is 1.83. The van der Waals surface area contributed by atoms with Gasteiger partial charge < -0.3 is 4.42 Å². The summed E-state index contributed by atoms with van der Waals surface area (Å²) in [6, 6.07) is 0. The van der Waals surface area contributed by atoms with Crippen LogP contribution in [0.2, 0.25) is 0 Å². The standard InChI is InChI=1S/C6H9N2O/c1-2-3-4-6-8-7-5-9-6/h2-4H2,1H3. The van der Waals surface area contributed by atoms with Crippen LogP contribution in [-0.4, -0.2) is 10.2 Å². The minimum atomic E-state index is 0.692. The van der Waals surface area contributed by atoms with E-state index in [1.54, 1.807) is 0 Å². The minimum absolute atomic E-state index is 0.692. The molecule has 3 nitrogen and oxygen atoms in total. The molecule has 3 heteroatoms. The van der Waals surface area contributed by atoms with Crippen molar-refractivity contribution in [3.8, 4) is 0 Å². The van der Waals surface area contributed by atoms with Crippen molar-refractivity contribution in [2.45, 2.75) is 26.2 Å². The highest BCUT2D eigenvalue weighted by Gasteiger charge is 1.95. The predicted molar refractivity (Wildman–Crippen MR) is 31.7 cm³/mol. The quantitative estimate of drug-likeness (QED) is 0.609. The fourth-order valence-electron chi connectivity index (χ4n) is 0.599. The lowest BCUT2D eigenvalue weighted by molar-refractivity contribution is 0.477. The Hall–Kier alpha value is -0.860. The van der Waals surface area contributed by atoms with E-state index in [-0.39, 0.29) is 0 Å². The molecule has 0 fully saturated rings. The van der Waals surface area contributed by atoms with Crippen LogP contribution in [-0.2, 0) is 6.42 Å². The van der Waals surface area contributed by atoms with Crippen molar-refractivity contribution in [3.63, 3.8) is 0 Å². The van der Waals surface area contributed by atoms with Gasteiger partial charge in [-0.3, -0.25) is 0 Å². The maximum Gasteiger partial charge on any atom is 0.305 e. The molecule has 0 saturated heterocycles. The first-order chi connectivity index (χ1) is 4.43. The Morgan fingerprint density at radius 1 is 1.67 bits per heavy atom. The Balaban J connectivity index is 2.30. The molecule has 1 aromatic heterocycles. The van der Waals surface area contributed by atoms with Crippen LogP contribution in [0, 0.1) is 6.39 Å². The SMILES string of the molecule is CCCCc1nn[c]o1. The molecule has 0 aromatic carbocycles. The highest BCUT2D eigenvalue weighted by molar-refractivity contribution is 4.70. The predicted octanol–water partition coefficient (Wildman–Crippen LogP) is 1.21. The summed E-state index contributed by atoms with van der Waals surface area (Å²) in [5, 5.41) is 7.11. The molecule has 0 unspecified atom stereocenters. The Labute approximate surface area is 54.1 Å².